The van der Waals surface area contributed by atoms with E-state index in [0.29, 0.717) is 32.6 Å². The molecule has 1 heterocycles. The van der Waals surface area contributed by atoms with Crippen LogP contribution in [0.25, 0.3) is 0 Å². The van der Waals surface area contributed by atoms with Crippen LogP contribution >= 0.6 is 0 Å². The maximum absolute atomic E-state index is 14.1. The second-order valence-corrected chi connectivity index (χ2v) is 5.60. The van der Waals surface area contributed by atoms with E-state index in [1.165, 1.54) is 0 Å². The van der Waals surface area contributed by atoms with Gasteiger partial charge in [0, 0.05) is 37.8 Å². The van der Waals surface area contributed by atoms with Crippen molar-refractivity contribution in [3.8, 4) is 0 Å². The lowest BCUT2D eigenvalue weighted by Gasteiger charge is -2.38. The molecule has 0 saturated carbocycles. The molecule has 22 heavy (non-hydrogen) atoms. The molecule has 124 valence electrons. The summed E-state index contributed by atoms with van der Waals surface area (Å²) in [5.41, 5.74) is -0.715. The Labute approximate surface area is 126 Å². The first-order valence-electron chi connectivity index (χ1n) is 7.36. The Kier molecular flexibility index (Phi) is 5.39. The number of nitrogens with one attached hydrogen (secondary N) is 1. The number of benzene rings is 1. The number of halogens is 5. The molecule has 2 rings (SSSR count). The van der Waals surface area contributed by atoms with Crippen LogP contribution in [-0.4, -0.2) is 31.1 Å². The van der Waals surface area contributed by atoms with E-state index >= 15 is 0 Å². The molecule has 2 nitrogen and oxygen atoms in total. The van der Waals surface area contributed by atoms with Crippen LogP contribution < -0.4 is 5.32 Å². The summed E-state index contributed by atoms with van der Waals surface area (Å²) < 4.78 is 68.5. The van der Waals surface area contributed by atoms with Gasteiger partial charge in [0.15, 0.2) is 23.3 Å². The maximum atomic E-state index is 14.1. The monoisotopic (exact) mass is 322 g/mol. The second kappa shape index (κ2) is 6.91. The highest BCUT2D eigenvalue weighted by Crippen LogP contribution is 2.36. The van der Waals surface area contributed by atoms with Crippen LogP contribution in [-0.2, 0) is 0 Å². The molecule has 1 aromatic rings. The van der Waals surface area contributed by atoms with E-state index in [4.69, 9.17) is 0 Å². The average Bonchev–Trinajstić information content (AvgIpc) is 2.55. The maximum Gasteiger partial charge on any atom is 0.200 e. The minimum atomic E-state index is -2.11. The summed E-state index contributed by atoms with van der Waals surface area (Å²) in [6, 6.07) is -0.836. The van der Waals surface area contributed by atoms with E-state index < -0.39 is 40.7 Å². The number of piperazine rings is 1. The van der Waals surface area contributed by atoms with Gasteiger partial charge in [-0.15, -0.1) is 0 Å². The minimum Gasteiger partial charge on any atom is -0.314 e. The van der Waals surface area contributed by atoms with Crippen LogP contribution in [0.15, 0.2) is 0 Å². The third-order valence-corrected chi connectivity index (χ3v) is 4.27. The van der Waals surface area contributed by atoms with Crippen LogP contribution in [0, 0.1) is 35.0 Å². The Morgan fingerprint density at radius 1 is 0.909 bits per heavy atom. The molecule has 0 spiro atoms. The second-order valence-electron chi connectivity index (χ2n) is 5.60. The van der Waals surface area contributed by atoms with Crippen molar-refractivity contribution in [1.29, 1.82) is 0 Å². The van der Waals surface area contributed by atoms with E-state index in [9.17, 15) is 22.0 Å². The molecule has 1 fully saturated rings. The van der Waals surface area contributed by atoms with Crippen molar-refractivity contribution in [1.82, 2.24) is 10.2 Å². The summed E-state index contributed by atoms with van der Waals surface area (Å²) in [4.78, 5) is 1.78. The Hall–Kier alpha value is -1.21. The average molecular weight is 322 g/mol. The molecule has 0 aliphatic carbocycles. The summed E-state index contributed by atoms with van der Waals surface area (Å²) in [7, 11) is 0. The topological polar surface area (TPSA) is 15.3 Å². The minimum absolute atomic E-state index is 0.244. The molecule has 0 aromatic heterocycles. The molecule has 0 radical (unpaired) electrons. The third-order valence-electron chi connectivity index (χ3n) is 4.27. The molecule has 1 aliphatic heterocycles. The highest BCUT2D eigenvalue weighted by Gasteiger charge is 2.36. The SMILES string of the molecule is CCC(C)[C@H](c1c(F)c(F)c(F)c(F)c1F)N1CCNCC1. The summed E-state index contributed by atoms with van der Waals surface area (Å²) >= 11 is 0. The van der Waals surface area contributed by atoms with Crippen LogP contribution in [0.2, 0.25) is 0 Å². The van der Waals surface area contributed by atoms with E-state index in [1.807, 2.05) is 6.92 Å². The first-order chi connectivity index (χ1) is 10.4. The van der Waals surface area contributed by atoms with Crippen LogP contribution in [0.1, 0.15) is 31.9 Å². The fraction of sp³-hybridized carbons (Fsp3) is 0.600. The van der Waals surface area contributed by atoms with Crippen molar-refractivity contribution in [2.75, 3.05) is 26.2 Å². The molecule has 1 unspecified atom stereocenters. The Morgan fingerprint density at radius 3 is 1.82 bits per heavy atom. The van der Waals surface area contributed by atoms with Crippen molar-refractivity contribution in [2.45, 2.75) is 26.3 Å². The van der Waals surface area contributed by atoms with E-state index in [2.05, 4.69) is 5.32 Å². The lowest BCUT2D eigenvalue weighted by atomic mass is 9.89. The zero-order valence-electron chi connectivity index (χ0n) is 12.5. The predicted octanol–water partition coefficient (Wildman–Crippen LogP) is 3.37. The number of hydrogen-bond donors (Lipinski definition) is 1. The highest BCUT2D eigenvalue weighted by molar-refractivity contribution is 5.28. The Bertz CT molecular complexity index is 514. The molecule has 7 heteroatoms. The lowest BCUT2D eigenvalue weighted by Crippen LogP contribution is -2.47. The largest absolute Gasteiger partial charge is 0.314 e. The molecule has 0 amide bonds. The lowest BCUT2D eigenvalue weighted by molar-refractivity contribution is 0.120. The van der Waals surface area contributed by atoms with Gasteiger partial charge in [-0.2, -0.15) is 0 Å². The van der Waals surface area contributed by atoms with Crippen molar-refractivity contribution >= 4 is 0 Å². The normalized spacial score (nSPS) is 19.2. The van der Waals surface area contributed by atoms with E-state index in [0.717, 1.165) is 0 Å². The van der Waals surface area contributed by atoms with E-state index in [-0.39, 0.29) is 5.92 Å². The quantitative estimate of drug-likeness (QED) is 0.519. The molecular formula is C15H19F5N2. The summed E-state index contributed by atoms with van der Waals surface area (Å²) in [5.74, 6) is -9.55. The summed E-state index contributed by atoms with van der Waals surface area (Å²) in [5, 5.41) is 3.10. The number of rotatable bonds is 4. The van der Waals surface area contributed by atoms with Gasteiger partial charge in [-0.1, -0.05) is 20.3 Å². The molecular weight excluding hydrogens is 303 g/mol. The smallest absolute Gasteiger partial charge is 0.200 e. The van der Waals surface area contributed by atoms with Gasteiger partial charge >= 0.3 is 0 Å². The highest BCUT2D eigenvalue weighted by atomic mass is 19.2. The number of nitrogens with zero attached hydrogens (tertiary/aromatic N) is 1. The fourth-order valence-corrected chi connectivity index (χ4v) is 2.89. The zero-order valence-corrected chi connectivity index (χ0v) is 12.5. The molecule has 2 atom stereocenters. The zero-order chi connectivity index (χ0) is 16.4. The summed E-state index contributed by atoms with van der Waals surface area (Å²) in [6.45, 7) is 5.80. The van der Waals surface area contributed by atoms with Gasteiger partial charge in [0.2, 0.25) is 5.82 Å². The summed E-state index contributed by atoms with van der Waals surface area (Å²) in [6.07, 6.45) is 0.564. The van der Waals surface area contributed by atoms with Crippen LogP contribution in [0.3, 0.4) is 0 Å². The number of hydrogen-bond acceptors (Lipinski definition) is 2. The van der Waals surface area contributed by atoms with Gasteiger partial charge in [-0.3, -0.25) is 4.90 Å². The standard InChI is InChI=1S/C15H19F5N2/c1-3-8(2)15(22-6-4-21-5-7-22)9-10(16)12(18)14(20)13(19)11(9)17/h8,15,21H,3-7H2,1-2H3/t8?,15-/m1/s1. The Morgan fingerprint density at radius 2 is 1.36 bits per heavy atom. The van der Waals surface area contributed by atoms with Gasteiger partial charge < -0.3 is 5.32 Å². The molecule has 0 bridgehead atoms. The first kappa shape index (κ1) is 17.1. The van der Waals surface area contributed by atoms with Gasteiger partial charge in [0.1, 0.15) is 0 Å². The fourth-order valence-electron chi connectivity index (χ4n) is 2.89. The first-order valence-corrected chi connectivity index (χ1v) is 7.36. The van der Waals surface area contributed by atoms with Crippen molar-refractivity contribution in [3.63, 3.8) is 0 Å². The van der Waals surface area contributed by atoms with Gasteiger partial charge in [0.25, 0.3) is 0 Å². The van der Waals surface area contributed by atoms with Crippen LogP contribution in [0.4, 0.5) is 22.0 Å². The van der Waals surface area contributed by atoms with E-state index in [1.54, 1.807) is 11.8 Å². The third kappa shape index (κ3) is 2.96. The van der Waals surface area contributed by atoms with Gasteiger partial charge in [0.05, 0.1) is 0 Å². The predicted molar refractivity (Wildman–Crippen MR) is 72.9 cm³/mol. The molecule has 1 aromatic carbocycles. The molecule has 1 saturated heterocycles. The van der Waals surface area contributed by atoms with Crippen molar-refractivity contribution in [2.24, 2.45) is 5.92 Å². The van der Waals surface area contributed by atoms with Crippen molar-refractivity contribution < 1.29 is 22.0 Å². The Balaban J connectivity index is 2.56. The van der Waals surface area contributed by atoms with Crippen molar-refractivity contribution in [3.05, 3.63) is 34.6 Å². The molecule has 1 N–H and O–H groups in total. The van der Waals surface area contributed by atoms with Crippen LogP contribution in [0.5, 0.6) is 0 Å². The van der Waals surface area contributed by atoms with Gasteiger partial charge in [-0.05, 0) is 5.92 Å². The molecule has 1 aliphatic rings. The van der Waals surface area contributed by atoms with Gasteiger partial charge in [-0.25, -0.2) is 22.0 Å².